The van der Waals surface area contributed by atoms with Gasteiger partial charge in [0.25, 0.3) is 0 Å². The Morgan fingerprint density at radius 3 is 2.77 bits per heavy atom. The van der Waals surface area contributed by atoms with E-state index in [0.29, 0.717) is 40.0 Å². The molecule has 2 heterocycles. The maximum atomic E-state index is 12.9. The van der Waals surface area contributed by atoms with Gasteiger partial charge in [-0.15, -0.1) is 0 Å². The van der Waals surface area contributed by atoms with Gasteiger partial charge in [-0.25, -0.2) is 4.99 Å². The molecule has 156 valence electrons. The molecule has 2 amide bonds. The molecule has 0 aromatic heterocycles. The van der Waals surface area contributed by atoms with Crippen molar-refractivity contribution in [1.29, 1.82) is 0 Å². The second-order valence-electron chi connectivity index (χ2n) is 6.71. The molecule has 0 spiro atoms. The lowest BCUT2D eigenvalue weighted by Crippen LogP contribution is -2.46. The lowest BCUT2D eigenvalue weighted by molar-refractivity contribution is -0.128. The second kappa shape index (κ2) is 8.75. The number of fused-ring (bicyclic) bond motifs is 1. The van der Waals surface area contributed by atoms with E-state index >= 15 is 0 Å². The highest BCUT2D eigenvalue weighted by atomic mass is 35.5. The van der Waals surface area contributed by atoms with Crippen molar-refractivity contribution in [2.75, 3.05) is 30.7 Å². The van der Waals surface area contributed by atoms with Crippen LogP contribution in [0.4, 0.5) is 11.4 Å². The molecular weight excluding hydrogens is 447 g/mol. The van der Waals surface area contributed by atoms with Gasteiger partial charge in [-0.2, -0.15) is 0 Å². The van der Waals surface area contributed by atoms with Gasteiger partial charge in [0.15, 0.2) is 5.17 Å². The molecule has 0 aliphatic carbocycles. The number of aliphatic imine (C=N–C) groups is 1. The Kier molecular flexibility index (Phi) is 6.08. The van der Waals surface area contributed by atoms with Gasteiger partial charge in [-0.1, -0.05) is 35.0 Å². The Morgan fingerprint density at radius 2 is 2.03 bits per heavy atom. The molecule has 4 rings (SSSR count). The number of amides is 2. The minimum atomic E-state index is -0.511. The van der Waals surface area contributed by atoms with Crippen LogP contribution >= 0.6 is 35.0 Å². The van der Waals surface area contributed by atoms with Gasteiger partial charge in [0, 0.05) is 28.9 Å². The summed E-state index contributed by atoms with van der Waals surface area (Å²) in [6, 6.07) is 12.4. The van der Waals surface area contributed by atoms with Gasteiger partial charge in [0.05, 0.1) is 12.1 Å². The monoisotopic (exact) mass is 464 g/mol. The predicted octanol–water partition coefficient (Wildman–Crippen LogP) is 4.07. The maximum Gasteiger partial charge on any atom is 0.244 e. The summed E-state index contributed by atoms with van der Waals surface area (Å²) in [4.78, 5) is 33.5. The number of amidine groups is 1. The van der Waals surface area contributed by atoms with Crippen LogP contribution in [0.5, 0.6) is 5.75 Å². The van der Waals surface area contributed by atoms with Gasteiger partial charge >= 0.3 is 0 Å². The lowest BCUT2D eigenvalue weighted by atomic mass is 10.2. The summed E-state index contributed by atoms with van der Waals surface area (Å²) >= 11 is 13.3. The van der Waals surface area contributed by atoms with Crippen LogP contribution in [0, 0.1) is 0 Å². The van der Waals surface area contributed by atoms with E-state index in [2.05, 4.69) is 10.3 Å². The maximum absolute atomic E-state index is 12.9. The summed E-state index contributed by atoms with van der Waals surface area (Å²) in [6.45, 7) is 0.829. The minimum absolute atomic E-state index is 0.0465. The van der Waals surface area contributed by atoms with Crippen LogP contribution in [0.15, 0.2) is 47.5 Å². The first-order valence-corrected chi connectivity index (χ1v) is 10.7. The number of carbonyl (C=O) groups excluding carboxylic acids is 2. The van der Waals surface area contributed by atoms with Crippen LogP contribution in [0.2, 0.25) is 10.0 Å². The average Bonchev–Trinajstić information content (AvgIpc) is 3.04. The average molecular weight is 465 g/mol. The molecule has 0 radical (unpaired) electrons. The van der Waals surface area contributed by atoms with E-state index in [0.717, 1.165) is 5.69 Å². The number of nitrogens with zero attached hydrogens (tertiary/aromatic N) is 3. The molecule has 2 aliphatic rings. The summed E-state index contributed by atoms with van der Waals surface area (Å²) in [5, 5.41) is 4.03. The van der Waals surface area contributed by atoms with Crippen molar-refractivity contribution >= 4 is 63.3 Å². The number of benzene rings is 2. The molecule has 2 aliphatic heterocycles. The van der Waals surface area contributed by atoms with Gasteiger partial charge in [-0.05, 0) is 36.4 Å². The van der Waals surface area contributed by atoms with Gasteiger partial charge < -0.3 is 15.0 Å². The number of hydrogen-bond donors (Lipinski definition) is 1. The zero-order valence-corrected chi connectivity index (χ0v) is 18.3. The van der Waals surface area contributed by atoms with Gasteiger partial charge in [0.2, 0.25) is 11.8 Å². The van der Waals surface area contributed by atoms with Crippen molar-refractivity contribution < 1.29 is 14.3 Å². The number of methoxy groups -OCH3 is 1. The lowest BCUT2D eigenvalue weighted by Gasteiger charge is -2.32. The fraction of sp³-hybridized carbons (Fsp3) is 0.250. The van der Waals surface area contributed by atoms with Crippen LogP contribution in [0.1, 0.15) is 6.42 Å². The number of thioether (sulfide) groups is 1. The van der Waals surface area contributed by atoms with Crippen LogP contribution in [0.25, 0.3) is 0 Å². The third kappa shape index (κ3) is 4.35. The van der Waals surface area contributed by atoms with Crippen molar-refractivity contribution in [3.63, 3.8) is 0 Å². The smallest absolute Gasteiger partial charge is 0.244 e. The summed E-state index contributed by atoms with van der Waals surface area (Å²) < 4.78 is 5.16. The van der Waals surface area contributed by atoms with Crippen molar-refractivity contribution in [3.05, 3.63) is 52.5 Å². The minimum Gasteiger partial charge on any atom is -0.495 e. The van der Waals surface area contributed by atoms with Crippen molar-refractivity contribution in [1.82, 2.24) is 4.90 Å². The largest absolute Gasteiger partial charge is 0.495 e. The molecule has 7 nitrogen and oxygen atoms in total. The molecule has 1 N–H and O–H groups in total. The first kappa shape index (κ1) is 20.8. The molecule has 1 fully saturated rings. The zero-order valence-electron chi connectivity index (χ0n) is 16.0. The van der Waals surface area contributed by atoms with Crippen molar-refractivity contribution in [2.24, 2.45) is 4.99 Å². The Balaban J connectivity index is 1.39. The molecule has 10 heteroatoms. The first-order chi connectivity index (χ1) is 14.4. The third-order valence-electron chi connectivity index (χ3n) is 4.71. The normalized spacial score (nSPS) is 18.2. The SMILES string of the molecule is COc1cc(NC(=O)C[C@@H]2SC3=NCN(c4ccc(Cl)cc4)CN3C2=O)ccc1Cl. The molecule has 2 aromatic rings. The highest BCUT2D eigenvalue weighted by molar-refractivity contribution is 8.15. The quantitative estimate of drug-likeness (QED) is 0.721. The highest BCUT2D eigenvalue weighted by Gasteiger charge is 2.41. The van der Waals surface area contributed by atoms with Gasteiger partial charge in [0.1, 0.15) is 24.3 Å². The van der Waals surface area contributed by atoms with Gasteiger partial charge in [-0.3, -0.25) is 14.5 Å². The summed E-state index contributed by atoms with van der Waals surface area (Å²) in [5.74, 6) is 0.0797. The molecular formula is C20H18Cl2N4O3S. The van der Waals surface area contributed by atoms with Crippen molar-refractivity contribution in [3.8, 4) is 5.75 Å². The molecule has 2 aromatic carbocycles. The molecule has 1 saturated heterocycles. The zero-order chi connectivity index (χ0) is 21.3. The van der Waals surface area contributed by atoms with E-state index in [1.807, 2.05) is 17.0 Å². The Labute approximate surface area is 188 Å². The summed E-state index contributed by atoms with van der Waals surface area (Å²) in [5.41, 5.74) is 1.48. The molecule has 30 heavy (non-hydrogen) atoms. The highest BCUT2D eigenvalue weighted by Crippen LogP contribution is 2.33. The van der Waals surface area contributed by atoms with E-state index in [4.69, 9.17) is 27.9 Å². The first-order valence-electron chi connectivity index (χ1n) is 9.11. The number of ether oxygens (including phenoxy) is 1. The van der Waals surface area contributed by atoms with Crippen LogP contribution in [0.3, 0.4) is 0 Å². The summed E-state index contributed by atoms with van der Waals surface area (Å²) in [7, 11) is 1.50. The summed E-state index contributed by atoms with van der Waals surface area (Å²) in [6.07, 6.45) is 0.0465. The van der Waals surface area contributed by atoms with Crippen LogP contribution in [-0.4, -0.2) is 47.6 Å². The topological polar surface area (TPSA) is 74.2 Å². The fourth-order valence-electron chi connectivity index (χ4n) is 3.19. The molecule has 0 bridgehead atoms. The number of halogens is 2. The van der Waals surface area contributed by atoms with E-state index < -0.39 is 5.25 Å². The molecule has 0 unspecified atom stereocenters. The van der Waals surface area contributed by atoms with Crippen molar-refractivity contribution in [2.45, 2.75) is 11.7 Å². The van der Waals surface area contributed by atoms with Crippen LogP contribution in [-0.2, 0) is 9.59 Å². The second-order valence-corrected chi connectivity index (χ2v) is 8.73. The number of anilines is 2. The third-order valence-corrected chi connectivity index (χ3v) is 6.48. The standard InChI is InChI=1S/C20H18Cl2N4O3S/c1-29-16-8-13(4-7-15(16)22)24-18(27)9-17-19(28)26-11-25(10-23-20(26)30-17)14-5-2-12(21)3-6-14/h2-8,17H,9-11H2,1H3,(H,24,27)/t17-/m0/s1. The van der Waals surface area contributed by atoms with E-state index in [-0.39, 0.29) is 18.2 Å². The van der Waals surface area contributed by atoms with E-state index in [9.17, 15) is 9.59 Å². The Bertz CT molecular complexity index is 1020. The number of hydrogen-bond acceptors (Lipinski definition) is 6. The Morgan fingerprint density at radius 1 is 1.27 bits per heavy atom. The predicted molar refractivity (Wildman–Crippen MR) is 121 cm³/mol. The van der Waals surface area contributed by atoms with E-state index in [1.165, 1.54) is 18.9 Å². The fourth-order valence-corrected chi connectivity index (χ4v) is 4.63. The molecule has 1 atom stereocenters. The number of rotatable bonds is 5. The number of carbonyl (C=O) groups is 2. The molecule has 0 saturated carbocycles. The van der Waals surface area contributed by atoms with Crippen LogP contribution < -0.4 is 15.0 Å². The Hall–Kier alpha value is -2.42. The number of nitrogens with one attached hydrogen (secondary N) is 1. The van der Waals surface area contributed by atoms with E-state index in [1.54, 1.807) is 35.2 Å².